The Balaban J connectivity index is 2.35. The van der Waals surface area contributed by atoms with Crippen LogP contribution in [0.5, 0.6) is 0 Å². The number of nitrogens with two attached hydrogens (primary N) is 1. The van der Waals surface area contributed by atoms with E-state index in [1.807, 2.05) is 6.92 Å². The first-order valence-electron chi connectivity index (χ1n) is 6.29. The average Bonchev–Trinajstić information content (AvgIpc) is 2.45. The van der Waals surface area contributed by atoms with Crippen LogP contribution in [-0.2, 0) is 4.74 Å². The lowest BCUT2D eigenvalue weighted by molar-refractivity contribution is -0.384. The van der Waals surface area contributed by atoms with Crippen LogP contribution in [0.3, 0.4) is 0 Å². The van der Waals surface area contributed by atoms with E-state index in [4.69, 9.17) is 22.2 Å². The molecule has 8 nitrogen and oxygen atoms in total. The van der Waals surface area contributed by atoms with Crippen LogP contribution >= 0.6 is 11.6 Å². The fraction of sp³-hybridized carbons (Fsp3) is 0.417. The summed E-state index contributed by atoms with van der Waals surface area (Å²) >= 11 is 5.95. The first-order valence-corrected chi connectivity index (χ1v) is 6.67. The van der Waals surface area contributed by atoms with Gasteiger partial charge in [-0.1, -0.05) is 11.6 Å². The summed E-state index contributed by atoms with van der Waals surface area (Å²) < 4.78 is 5.36. The summed E-state index contributed by atoms with van der Waals surface area (Å²) in [6, 6.07) is 2.54. The number of rotatable bonds is 3. The molecular formula is C12H15ClN4O4. The molecule has 1 saturated heterocycles. The van der Waals surface area contributed by atoms with E-state index in [-0.39, 0.29) is 34.0 Å². The zero-order valence-corrected chi connectivity index (χ0v) is 12.1. The van der Waals surface area contributed by atoms with Crippen molar-refractivity contribution in [3.05, 3.63) is 32.8 Å². The van der Waals surface area contributed by atoms with Crippen LogP contribution in [0.25, 0.3) is 0 Å². The lowest BCUT2D eigenvalue weighted by Gasteiger charge is -2.31. The van der Waals surface area contributed by atoms with Crippen molar-refractivity contribution in [1.82, 2.24) is 4.90 Å². The number of morpholine rings is 1. The highest BCUT2D eigenvalue weighted by atomic mass is 35.5. The number of hydrogen-bond donors (Lipinski definition) is 2. The van der Waals surface area contributed by atoms with Crippen LogP contribution in [0, 0.1) is 10.1 Å². The van der Waals surface area contributed by atoms with Gasteiger partial charge in [-0.15, -0.1) is 0 Å². The van der Waals surface area contributed by atoms with Gasteiger partial charge >= 0.3 is 0 Å². The summed E-state index contributed by atoms with van der Waals surface area (Å²) in [6.45, 7) is 3.16. The number of carbonyl (C=O) groups excluding carboxylic acids is 1. The summed E-state index contributed by atoms with van der Waals surface area (Å²) in [4.78, 5) is 24.4. The minimum Gasteiger partial charge on any atom is -0.375 e. The number of hydrazine groups is 1. The Hall–Kier alpha value is -1.90. The summed E-state index contributed by atoms with van der Waals surface area (Å²) in [6.07, 6.45) is -0.0712. The number of nitro benzene ring substituents is 1. The van der Waals surface area contributed by atoms with Gasteiger partial charge in [0.25, 0.3) is 11.6 Å². The zero-order chi connectivity index (χ0) is 15.6. The Morgan fingerprint density at radius 1 is 1.62 bits per heavy atom. The molecule has 2 rings (SSSR count). The Kier molecular flexibility index (Phi) is 4.61. The van der Waals surface area contributed by atoms with E-state index >= 15 is 0 Å². The molecule has 114 valence electrons. The lowest BCUT2D eigenvalue weighted by atomic mass is 10.1. The third-order valence-corrected chi connectivity index (χ3v) is 3.48. The largest absolute Gasteiger partial charge is 0.375 e. The number of amides is 1. The predicted octanol–water partition coefficient (Wildman–Crippen LogP) is 1.39. The van der Waals surface area contributed by atoms with Gasteiger partial charge in [0.15, 0.2) is 0 Å². The van der Waals surface area contributed by atoms with Crippen molar-refractivity contribution in [3.8, 4) is 0 Å². The number of hydrogen-bond acceptors (Lipinski definition) is 6. The van der Waals surface area contributed by atoms with E-state index in [0.29, 0.717) is 19.7 Å². The minimum atomic E-state index is -0.639. The summed E-state index contributed by atoms with van der Waals surface area (Å²) in [7, 11) is 0. The summed E-state index contributed by atoms with van der Waals surface area (Å²) in [5, 5.41) is 11.1. The van der Waals surface area contributed by atoms with Crippen LogP contribution in [0.2, 0.25) is 5.02 Å². The molecule has 0 radical (unpaired) electrons. The van der Waals surface area contributed by atoms with Gasteiger partial charge in [0.05, 0.1) is 22.7 Å². The zero-order valence-electron chi connectivity index (χ0n) is 11.3. The molecule has 0 aromatic heterocycles. The number of carbonyl (C=O) groups is 1. The number of nitrogen functional groups attached to an aromatic ring is 1. The molecule has 0 saturated carbocycles. The number of nitro groups is 1. The molecule has 1 aliphatic heterocycles. The van der Waals surface area contributed by atoms with Crippen molar-refractivity contribution in [2.24, 2.45) is 5.84 Å². The highest BCUT2D eigenvalue weighted by molar-refractivity contribution is 6.34. The lowest BCUT2D eigenvalue weighted by Crippen LogP contribution is -2.44. The molecule has 1 heterocycles. The molecule has 1 aromatic carbocycles. The fourth-order valence-electron chi connectivity index (χ4n) is 2.19. The third-order valence-electron chi connectivity index (χ3n) is 3.19. The number of ether oxygens (including phenoxy) is 1. The van der Waals surface area contributed by atoms with E-state index in [9.17, 15) is 14.9 Å². The Morgan fingerprint density at radius 3 is 2.90 bits per heavy atom. The number of nitrogens with one attached hydrogen (secondary N) is 1. The molecule has 1 aliphatic rings. The monoisotopic (exact) mass is 314 g/mol. The van der Waals surface area contributed by atoms with E-state index < -0.39 is 4.92 Å². The minimum absolute atomic E-state index is 0.0198. The van der Waals surface area contributed by atoms with E-state index in [1.165, 1.54) is 12.1 Å². The first-order chi connectivity index (χ1) is 9.93. The van der Waals surface area contributed by atoms with Crippen LogP contribution in [-0.4, -0.2) is 41.5 Å². The molecular weight excluding hydrogens is 300 g/mol. The average molecular weight is 315 g/mol. The van der Waals surface area contributed by atoms with Gasteiger partial charge in [0, 0.05) is 24.7 Å². The molecule has 0 spiro atoms. The molecule has 0 aliphatic carbocycles. The second-order valence-electron chi connectivity index (χ2n) is 4.69. The Labute approximate surface area is 125 Å². The second-order valence-corrected chi connectivity index (χ2v) is 5.09. The van der Waals surface area contributed by atoms with Crippen molar-refractivity contribution in [2.75, 3.05) is 25.1 Å². The number of benzene rings is 1. The van der Waals surface area contributed by atoms with Gasteiger partial charge < -0.3 is 15.1 Å². The number of anilines is 1. The maximum absolute atomic E-state index is 12.4. The molecule has 3 N–H and O–H groups in total. The van der Waals surface area contributed by atoms with Gasteiger partial charge in [-0.05, 0) is 13.0 Å². The fourth-order valence-corrected chi connectivity index (χ4v) is 2.46. The van der Waals surface area contributed by atoms with Crippen LogP contribution in [0.1, 0.15) is 17.3 Å². The van der Waals surface area contributed by atoms with Gasteiger partial charge in [-0.3, -0.25) is 20.8 Å². The van der Waals surface area contributed by atoms with Crippen molar-refractivity contribution in [3.63, 3.8) is 0 Å². The predicted molar refractivity (Wildman–Crippen MR) is 77.2 cm³/mol. The molecule has 1 amide bonds. The summed E-state index contributed by atoms with van der Waals surface area (Å²) in [5.74, 6) is 4.91. The molecule has 9 heteroatoms. The smallest absolute Gasteiger partial charge is 0.295 e. The van der Waals surface area contributed by atoms with E-state index in [1.54, 1.807) is 4.90 Å². The maximum Gasteiger partial charge on any atom is 0.295 e. The van der Waals surface area contributed by atoms with Gasteiger partial charge in [-0.2, -0.15) is 0 Å². The highest BCUT2D eigenvalue weighted by Crippen LogP contribution is 2.33. The number of nitrogens with zero attached hydrogens (tertiary/aromatic N) is 2. The molecule has 1 atom stereocenters. The Morgan fingerprint density at radius 2 is 2.33 bits per heavy atom. The SMILES string of the molecule is CC1CN(C(=O)c2cc(Cl)c(NN)c([N+](=O)[O-])c2)CCO1. The molecule has 0 bridgehead atoms. The third kappa shape index (κ3) is 3.23. The first kappa shape index (κ1) is 15.5. The molecule has 21 heavy (non-hydrogen) atoms. The second kappa shape index (κ2) is 6.25. The quantitative estimate of drug-likeness (QED) is 0.495. The summed E-state index contributed by atoms with van der Waals surface area (Å²) in [5.41, 5.74) is 1.97. The van der Waals surface area contributed by atoms with E-state index in [2.05, 4.69) is 5.43 Å². The highest BCUT2D eigenvalue weighted by Gasteiger charge is 2.26. The number of halogens is 1. The van der Waals surface area contributed by atoms with E-state index in [0.717, 1.165) is 0 Å². The van der Waals surface area contributed by atoms with Crippen molar-refractivity contribution in [2.45, 2.75) is 13.0 Å². The van der Waals surface area contributed by atoms with Crippen molar-refractivity contribution < 1.29 is 14.5 Å². The van der Waals surface area contributed by atoms with Crippen LogP contribution < -0.4 is 11.3 Å². The van der Waals surface area contributed by atoms with Crippen molar-refractivity contribution in [1.29, 1.82) is 0 Å². The normalized spacial score (nSPS) is 18.4. The topological polar surface area (TPSA) is 111 Å². The van der Waals surface area contributed by atoms with Crippen LogP contribution in [0.4, 0.5) is 11.4 Å². The van der Waals surface area contributed by atoms with Gasteiger partial charge in [0.2, 0.25) is 0 Å². The molecule has 1 aromatic rings. The van der Waals surface area contributed by atoms with Gasteiger partial charge in [0.1, 0.15) is 5.69 Å². The standard InChI is InChI=1S/C12H15ClN4O4/c1-7-6-16(2-3-21-7)12(18)8-4-9(13)11(15-14)10(5-8)17(19)20/h4-5,7,15H,2-3,6,14H2,1H3. The van der Waals surface area contributed by atoms with Crippen LogP contribution in [0.15, 0.2) is 12.1 Å². The molecule has 1 fully saturated rings. The Bertz CT molecular complexity index is 581. The molecule has 1 unspecified atom stereocenters. The van der Waals surface area contributed by atoms with Gasteiger partial charge in [-0.25, -0.2) is 0 Å². The van der Waals surface area contributed by atoms with Crippen molar-refractivity contribution >= 4 is 28.9 Å². The maximum atomic E-state index is 12.4.